The van der Waals surface area contributed by atoms with Crippen LogP contribution in [0.2, 0.25) is 0 Å². The molecular formula is C15H14BrFN6O5S2. The number of nitrogens with zero attached hydrogens (tertiary/aromatic N) is 5. The van der Waals surface area contributed by atoms with Crippen LogP contribution in [0.25, 0.3) is 17.2 Å². The molecule has 1 aromatic carbocycles. The van der Waals surface area contributed by atoms with Gasteiger partial charge >= 0.3 is 5.76 Å². The topological polar surface area (TPSA) is 150 Å². The van der Waals surface area contributed by atoms with E-state index in [9.17, 15) is 17.6 Å². The van der Waals surface area contributed by atoms with Crippen molar-refractivity contribution in [1.82, 2.24) is 24.3 Å². The normalized spacial score (nSPS) is 18.0. The van der Waals surface area contributed by atoms with Gasteiger partial charge in [0.25, 0.3) is 10.2 Å². The van der Waals surface area contributed by atoms with E-state index in [1.54, 1.807) is 0 Å². The van der Waals surface area contributed by atoms with Crippen LogP contribution < -0.4 is 10.9 Å². The number of nitrogens with two attached hydrogens (primary N) is 1. The van der Waals surface area contributed by atoms with E-state index in [1.807, 2.05) is 0 Å². The van der Waals surface area contributed by atoms with Crippen LogP contribution in [0, 0.1) is 5.82 Å². The first-order chi connectivity index (χ1) is 14.2. The van der Waals surface area contributed by atoms with Crippen LogP contribution in [-0.4, -0.2) is 51.1 Å². The van der Waals surface area contributed by atoms with E-state index < -0.39 is 21.8 Å². The number of aromatic nitrogens is 4. The third-order valence-corrected chi connectivity index (χ3v) is 7.28. The van der Waals surface area contributed by atoms with Gasteiger partial charge in [0.2, 0.25) is 5.82 Å². The highest BCUT2D eigenvalue weighted by molar-refractivity contribution is 9.10. The minimum absolute atomic E-state index is 0.0152. The predicted octanol–water partition coefficient (Wildman–Crippen LogP) is 1.54. The van der Waals surface area contributed by atoms with E-state index >= 15 is 0 Å². The summed E-state index contributed by atoms with van der Waals surface area (Å²) < 4.78 is 48.9. The maximum atomic E-state index is 13.6. The maximum absolute atomic E-state index is 13.6. The SMILES string of the molecule is NS(=O)(=O)N1CCCC(Sc2nonc2-c2noc(=O)n2-c2ccc(F)c(Br)c2)C1. The molecule has 3 aromatic rings. The second-order valence-corrected chi connectivity index (χ2v) is 10.1. The summed E-state index contributed by atoms with van der Waals surface area (Å²) in [6, 6.07) is 3.96. The molecule has 2 N–H and O–H groups in total. The molecule has 1 atom stereocenters. The Bertz CT molecular complexity index is 1240. The lowest BCUT2D eigenvalue weighted by Gasteiger charge is -2.29. The van der Waals surface area contributed by atoms with Gasteiger partial charge in [-0.1, -0.05) is 16.9 Å². The zero-order chi connectivity index (χ0) is 21.5. The Morgan fingerprint density at radius 3 is 2.83 bits per heavy atom. The Morgan fingerprint density at radius 2 is 2.10 bits per heavy atom. The fraction of sp³-hybridized carbons (Fsp3) is 0.333. The Morgan fingerprint density at radius 1 is 1.30 bits per heavy atom. The van der Waals surface area contributed by atoms with Crippen LogP contribution in [0.1, 0.15) is 12.8 Å². The average Bonchev–Trinajstić information content (AvgIpc) is 3.30. The molecule has 1 fully saturated rings. The smallest absolute Gasteiger partial charge is 0.295 e. The van der Waals surface area contributed by atoms with Crippen LogP contribution >= 0.6 is 27.7 Å². The first kappa shape index (κ1) is 21.2. The number of piperidine rings is 1. The fourth-order valence-corrected chi connectivity index (χ4v) is 5.44. The van der Waals surface area contributed by atoms with Gasteiger partial charge in [-0.3, -0.25) is 4.52 Å². The van der Waals surface area contributed by atoms with Crippen molar-refractivity contribution in [1.29, 1.82) is 0 Å². The van der Waals surface area contributed by atoms with Crippen LogP contribution in [0.3, 0.4) is 0 Å². The summed E-state index contributed by atoms with van der Waals surface area (Å²) in [7, 11) is -3.79. The molecule has 160 valence electrons. The molecule has 0 radical (unpaired) electrons. The van der Waals surface area contributed by atoms with Crippen molar-refractivity contribution in [3.63, 3.8) is 0 Å². The predicted molar refractivity (Wildman–Crippen MR) is 107 cm³/mol. The standard InChI is InChI=1S/C15H14BrFN6O5S2/c16-10-6-8(3-4-11(10)17)23-13(20-27-15(23)24)12-14(21-28-19-12)29-9-2-1-5-22(7-9)30(18,25)26/h3-4,6,9H,1-2,5,7H2,(H2,18,25,26). The third-order valence-electron chi connectivity index (χ3n) is 4.42. The van der Waals surface area contributed by atoms with Crippen molar-refractivity contribution in [3.05, 3.63) is 39.0 Å². The van der Waals surface area contributed by atoms with Crippen molar-refractivity contribution < 1.29 is 22.0 Å². The number of hydrogen-bond acceptors (Lipinski definition) is 9. The highest BCUT2D eigenvalue weighted by atomic mass is 79.9. The van der Waals surface area contributed by atoms with Crippen molar-refractivity contribution >= 4 is 37.9 Å². The number of hydrogen-bond donors (Lipinski definition) is 1. The molecule has 1 saturated heterocycles. The lowest BCUT2D eigenvalue weighted by Crippen LogP contribution is -2.44. The van der Waals surface area contributed by atoms with Gasteiger partial charge in [0.05, 0.1) is 10.2 Å². The van der Waals surface area contributed by atoms with E-state index in [0.29, 0.717) is 23.7 Å². The molecule has 15 heteroatoms. The van der Waals surface area contributed by atoms with Crippen molar-refractivity contribution in [2.24, 2.45) is 5.14 Å². The molecule has 30 heavy (non-hydrogen) atoms. The van der Waals surface area contributed by atoms with E-state index in [0.717, 1.165) is 11.0 Å². The molecule has 0 amide bonds. The first-order valence-corrected chi connectivity index (χ1v) is 11.7. The van der Waals surface area contributed by atoms with E-state index in [2.05, 4.69) is 31.4 Å². The summed E-state index contributed by atoms with van der Waals surface area (Å²) in [5, 5.41) is 16.8. The average molecular weight is 521 g/mol. The summed E-state index contributed by atoms with van der Waals surface area (Å²) >= 11 is 4.31. The summed E-state index contributed by atoms with van der Waals surface area (Å²) in [6.45, 7) is 0.550. The van der Waals surface area contributed by atoms with E-state index in [4.69, 9.17) is 14.3 Å². The van der Waals surface area contributed by atoms with E-state index in [1.165, 1.54) is 34.3 Å². The van der Waals surface area contributed by atoms with Gasteiger partial charge in [0.1, 0.15) is 5.82 Å². The van der Waals surface area contributed by atoms with Crippen LogP contribution in [0.5, 0.6) is 0 Å². The Hall–Kier alpha value is -2.07. The molecule has 1 aliphatic rings. The molecule has 3 heterocycles. The molecule has 4 rings (SSSR count). The van der Waals surface area contributed by atoms with Gasteiger partial charge in [-0.25, -0.2) is 23.5 Å². The second-order valence-electron chi connectivity index (χ2n) is 6.41. The molecule has 11 nitrogen and oxygen atoms in total. The lowest BCUT2D eigenvalue weighted by atomic mass is 10.2. The molecular weight excluding hydrogens is 507 g/mol. The molecule has 0 spiro atoms. The van der Waals surface area contributed by atoms with Gasteiger partial charge in [0.15, 0.2) is 10.7 Å². The summed E-state index contributed by atoms with van der Waals surface area (Å²) in [4.78, 5) is 12.2. The van der Waals surface area contributed by atoms with E-state index in [-0.39, 0.29) is 27.8 Å². The van der Waals surface area contributed by atoms with Crippen LogP contribution in [0.4, 0.5) is 4.39 Å². The number of thioether (sulfide) groups is 1. The molecule has 0 bridgehead atoms. The van der Waals surface area contributed by atoms with Crippen molar-refractivity contribution in [2.45, 2.75) is 23.1 Å². The highest BCUT2D eigenvalue weighted by Gasteiger charge is 2.30. The molecule has 2 aromatic heterocycles. The zero-order valence-electron chi connectivity index (χ0n) is 15.1. The molecule has 0 saturated carbocycles. The number of benzene rings is 1. The van der Waals surface area contributed by atoms with Gasteiger partial charge in [-0.2, -0.15) is 12.7 Å². The van der Waals surface area contributed by atoms with Crippen LogP contribution in [0.15, 0.2) is 41.6 Å². The number of rotatable bonds is 5. The number of halogens is 2. The van der Waals surface area contributed by atoms with Crippen molar-refractivity contribution in [2.75, 3.05) is 13.1 Å². The minimum atomic E-state index is -3.79. The Kier molecular flexibility index (Phi) is 5.80. The minimum Gasteiger partial charge on any atom is -0.295 e. The largest absolute Gasteiger partial charge is 0.446 e. The van der Waals surface area contributed by atoms with Gasteiger partial charge in [0, 0.05) is 18.3 Å². The monoisotopic (exact) mass is 520 g/mol. The second kappa shape index (κ2) is 8.22. The van der Waals surface area contributed by atoms with Gasteiger partial charge in [-0.05, 0) is 57.3 Å². The summed E-state index contributed by atoms with van der Waals surface area (Å²) in [5.74, 6) is -1.29. The van der Waals surface area contributed by atoms with Crippen LogP contribution in [-0.2, 0) is 10.2 Å². The molecule has 0 aliphatic carbocycles. The van der Waals surface area contributed by atoms with Gasteiger partial charge < -0.3 is 0 Å². The fourth-order valence-electron chi connectivity index (χ4n) is 3.04. The first-order valence-electron chi connectivity index (χ1n) is 8.55. The third kappa shape index (κ3) is 4.20. The lowest BCUT2D eigenvalue weighted by molar-refractivity contribution is 0.299. The van der Waals surface area contributed by atoms with Gasteiger partial charge in [-0.15, -0.1) is 0 Å². The molecule has 1 unspecified atom stereocenters. The summed E-state index contributed by atoms with van der Waals surface area (Å²) in [5.41, 5.74) is 0.431. The highest BCUT2D eigenvalue weighted by Crippen LogP contribution is 2.34. The summed E-state index contributed by atoms with van der Waals surface area (Å²) in [6.07, 6.45) is 1.35. The maximum Gasteiger partial charge on any atom is 0.446 e. The Labute approximate surface area is 181 Å². The van der Waals surface area contributed by atoms with Crippen molar-refractivity contribution in [3.8, 4) is 17.2 Å². The quantitative estimate of drug-likeness (QED) is 0.527. The Balaban J connectivity index is 1.66. The zero-order valence-corrected chi connectivity index (χ0v) is 18.3. The molecule has 1 aliphatic heterocycles.